The van der Waals surface area contributed by atoms with Crippen molar-refractivity contribution in [2.45, 2.75) is 31.9 Å². The van der Waals surface area contributed by atoms with Gasteiger partial charge in [0, 0.05) is 4.88 Å². The number of rotatable bonds is 5. The highest BCUT2D eigenvalue weighted by atomic mass is 32.1. The molecule has 3 nitrogen and oxygen atoms in total. The van der Waals surface area contributed by atoms with Gasteiger partial charge >= 0.3 is 0 Å². The average molecular weight is 306 g/mol. The van der Waals surface area contributed by atoms with E-state index in [9.17, 15) is 4.79 Å². The number of hydrogen-bond donors (Lipinski definition) is 2. The second-order valence-electron chi connectivity index (χ2n) is 4.57. The molecular weight excluding hydrogens is 288 g/mol. The van der Waals surface area contributed by atoms with Crippen LogP contribution in [-0.4, -0.2) is 16.1 Å². The fourth-order valence-corrected chi connectivity index (χ4v) is 3.11. The number of aromatic nitrogens is 1. The van der Waals surface area contributed by atoms with Crippen LogP contribution in [0.3, 0.4) is 0 Å². The molecule has 106 valence electrons. The standard InChI is InChI=1S/C15H18N2OS2/c1-3-12-10(2)20-15(16-12)17-14(18)13(19)9-11-7-5-4-6-8-11/h4-8,13,19H,3,9H2,1-2H3,(H,16,17,18). The van der Waals surface area contributed by atoms with Crippen molar-refractivity contribution in [2.75, 3.05) is 5.32 Å². The van der Waals surface area contributed by atoms with Crippen LogP contribution in [0.1, 0.15) is 23.1 Å². The summed E-state index contributed by atoms with van der Waals surface area (Å²) in [5.41, 5.74) is 2.15. The molecule has 5 heteroatoms. The Labute approximate surface area is 128 Å². The number of nitrogens with one attached hydrogen (secondary N) is 1. The molecule has 1 aromatic carbocycles. The van der Waals surface area contributed by atoms with Crippen LogP contribution < -0.4 is 5.32 Å². The molecule has 20 heavy (non-hydrogen) atoms. The molecule has 1 atom stereocenters. The third kappa shape index (κ3) is 3.84. The lowest BCUT2D eigenvalue weighted by atomic mass is 10.1. The minimum atomic E-state index is -0.369. The van der Waals surface area contributed by atoms with E-state index < -0.39 is 0 Å². The Morgan fingerprint density at radius 3 is 2.70 bits per heavy atom. The van der Waals surface area contributed by atoms with Crippen molar-refractivity contribution in [3.8, 4) is 0 Å². The number of thiol groups is 1. The van der Waals surface area contributed by atoms with Crippen molar-refractivity contribution >= 4 is 35.0 Å². The predicted molar refractivity (Wildman–Crippen MR) is 87.8 cm³/mol. The van der Waals surface area contributed by atoms with E-state index in [2.05, 4.69) is 29.9 Å². The third-order valence-corrected chi connectivity index (χ3v) is 4.38. The fraction of sp³-hybridized carbons (Fsp3) is 0.333. The van der Waals surface area contributed by atoms with Crippen molar-refractivity contribution in [1.29, 1.82) is 0 Å². The molecule has 0 spiro atoms. The van der Waals surface area contributed by atoms with Crippen molar-refractivity contribution in [2.24, 2.45) is 0 Å². The molecule has 1 aromatic heterocycles. The highest BCUT2D eigenvalue weighted by Gasteiger charge is 2.16. The summed E-state index contributed by atoms with van der Waals surface area (Å²) in [5, 5.41) is 3.14. The van der Waals surface area contributed by atoms with Gasteiger partial charge in [0.2, 0.25) is 5.91 Å². The third-order valence-electron chi connectivity index (χ3n) is 3.03. The number of amides is 1. The number of nitrogens with zero attached hydrogens (tertiary/aromatic N) is 1. The van der Waals surface area contributed by atoms with Gasteiger partial charge in [0.15, 0.2) is 5.13 Å². The summed E-state index contributed by atoms with van der Waals surface area (Å²) in [5.74, 6) is -0.103. The highest BCUT2D eigenvalue weighted by Crippen LogP contribution is 2.23. The van der Waals surface area contributed by atoms with Gasteiger partial charge in [-0.05, 0) is 25.3 Å². The second-order valence-corrected chi connectivity index (χ2v) is 6.40. The van der Waals surface area contributed by atoms with Crippen molar-refractivity contribution in [3.63, 3.8) is 0 Å². The predicted octanol–water partition coefficient (Wildman–Crippen LogP) is 3.49. The first-order valence-corrected chi connectivity index (χ1v) is 7.92. The zero-order chi connectivity index (χ0) is 14.5. The Morgan fingerprint density at radius 1 is 1.40 bits per heavy atom. The molecule has 0 fully saturated rings. The number of thiazole rings is 1. The number of carbonyl (C=O) groups excluding carboxylic acids is 1. The molecule has 1 N–H and O–H groups in total. The van der Waals surface area contributed by atoms with Crippen molar-refractivity contribution in [1.82, 2.24) is 4.98 Å². The van der Waals surface area contributed by atoms with Crippen LogP contribution >= 0.6 is 24.0 Å². The minimum absolute atomic E-state index is 0.103. The highest BCUT2D eigenvalue weighted by molar-refractivity contribution is 7.81. The number of anilines is 1. The Hall–Kier alpha value is -1.33. The fourth-order valence-electron chi connectivity index (χ4n) is 1.93. The molecule has 0 aliphatic carbocycles. The maximum absolute atomic E-state index is 12.1. The number of carbonyl (C=O) groups is 1. The largest absolute Gasteiger partial charge is 0.301 e. The molecule has 1 amide bonds. The monoisotopic (exact) mass is 306 g/mol. The van der Waals surface area contributed by atoms with E-state index in [0.717, 1.165) is 22.6 Å². The van der Waals surface area contributed by atoms with Crippen LogP contribution in [0.5, 0.6) is 0 Å². The molecule has 0 saturated carbocycles. The van der Waals surface area contributed by atoms with Crippen LogP contribution in [0.4, 0.5) is 5.13 Å². The van der Waals surface area contributed by atoms with Gasteiger partial charge in [-0.15, -0.1) is 11.3 Å². The van der Waals surface area contributed by atoms with Crippen LogP contribution in [0.25, 0.3) is 0 Å². The summed E-state index contributed by atoms with van der Waals surface area (Å²) in [6.07, 6.45) is 1.49. The smallest absolute Gasteiger partial charge is 0.239 e. The number of benzene rings is 1. The van der Waals surface area contributed by atoms with E-state index in [1.807, 2.05) is 37.3 Å². The Bertz CT molecular complexity index is 581. The van der Waals surface area contributed by atoms with Gasteiger partial charge in [-0.1, -0.05) is 37.3 Å². The van der Waals surface area contributed by atoms with Crippen LogP contribution in [0.15, 0.2) is 30.3 Å². The topological polar surface area (TPSA) is 42.0 Å². The van der Waals surface area contributed by atoms with Gasteiger partial charge in [-0.3, -0.25) is 4.79 Å². The van der Waals surface area contributed by atoms with E-state index in [4.69, 9.17) is 0 Å². The summed E-state index contributed by atoms with van der Waals surface area (Å²) >= 11 is 5.90. The maximum Gasteiger partial charge on any atom is 0.239 e. The summed E-state index contributed by atoms with van der Waals surface area (Å²) in [4.78, 5) is 17.7. The lowest BCUT2D eigenvalue weighted by molar-refractivity contribution is -0.115. The SMILES string of the molecule is CCc1nc(NC(=O)C(S)Cc2ccccc2)sc1C. The molecule has 0 bridgehead atoms. The quantitative estimate of drug-likeness (QED) is 0.830. The van der Waals surface area contributed by atoms with E-state index in [1.54, 1.807) is 0 Å². The molecule has 0 saturated heterocycles. The van der Waals surface area contributed by atoms with Crippen molar-refractivity contribution < 1.29 is 4.79 Å². The number of hydrogen-bond acceptors (Lipinski definition) is 4. The molecule has 0 aliphatic rings. The second kappa shape index (κ2) is 6.90. The molecule has 1 unspecified atom stereocenters. The van der Waals surface area contributed by atoms with Gasteiger partial charge in [0.05, 0.1) is 10.9 Å². The molecular formula is C15H18N2OS2. The zero-order valence-electron chi connectivity index (χ0n) is 11.6. The van der Waals surface area contributed by atoms with E-state index >= 15 is 0 Å². The number of aryl methyl sites for hydroxylation is 2. The normalized spacial score (nSPS) is 12.2. The first kappa shape index (κ1) is 15.1. The first-order chi connectivity index (χ1) is 9.60. The molecule has 2 rings (SSSR count). The Morgan fingerprint density at radius 2 is 2.10 bits per heavy atom. The lowest BCUT2D eigenvalue weighted by Gasteiger charge is -2.09. The Kier molecular flexibility index (Phi) is 5.20. The zero-order valence-corrected chi connectivity index (χ0v) is 13.3. The van der Waals surface area contributed by atoms with E-state index in [0.29, 0.717) is 11.6 Å². The van der Waals surface area contributed by atoms with Gasteiger partial charge in [-0.25, -0.2) is 4.98 Å². The lowest BCUT2D eigenvalue weighted by Crippen LogP contribution is -2.25. The van der Waals surface area contributed by atoms with Gasteiger partial charge < -0.3 is 5.32 Å². The summed E-state index contributed by atoms with van der Waals surface area (Å²) < 4.78 is 0. The van der Waals surface area contributed by atoms with Crippen LogP contribution in [-0.2, 0) is 17.6 Å². The summed E-state index contributed by atoms with van der Waals surface area (Å²) in [6.45, 7) is 4.08. The first-order valence-electron chi connectivity index (χ1n) is 6.59. The molecule has 0 radical (unpaired) electrons. The van der Waals surface area contributed by atoms with E-state index in [1.165, 1.54) is 11.3 Å². The van der Waals surface area contributed by atoms with Gasteiger partial charge in [-0.2, -0.15) is 12.6 Å². The summed E-state index contributed by atoms with van der Waals surface area (Å²) in [6, 6.07) is 9.89. The van der Waals surface area contributed by atoms with E-state index in [-0.39, 0.29) is 11.2 Å². The minimum Gasteiger partial charge on any atom is -0.301 e. The molecule has 2 aromatic rings. The Balaban J connectivity index is 1.97. The molecule has 1 heterocycles. The van der Waals surface area contributed by atoms with Crippen LogP contribution in [0, 0.1) is 6.92 Å². The van der Waals surface area contributed by atoms with Crippen molar-refractivity contribution in [3.05, 3.63) is 46.5 Å². The summed E-state index contributed by atoms with van der Waals surface area (Å²) in [7, 11) is 0. The van der Waals surface area contributed by atoms with Crippen LogP contribution in [0.2, 0.25) is 0 Å². The molecule has 0 aliphatic heterocycles. The maximum atomic E-state index is 12.1. The average Bonchev–Trinajstić information content (AvgIpc) is 2.79. The van der Waals surface area contributed by atoms with Gasteiger partial charge in [0.25, 0.3) is 0 Å². The van der Waals surface area contributed by atoms with Gasteiger partial charge in [0.1, 0.15) is 0 Å².